The molecule has 2 aromatic rings. The van der Waals surface area contributed by atoms with Crippen LogP contribution in [0.5, 0.6) is 11.5 Å². The van der Waals surface area contributed by atoms with Crippen molar-refractivity contribution >= 4 is 11.8 Å². The molecule has 0 unspecified atom stereocenters. The van der Waals surface area contributed by atoms with E-state index in [-0.39, 0.29) is 24.4 Å². The van der Waals surface area contributed by atoms with Crippen LogP contribution in [0.2, 0.25) is 0 Å². The highest BCUT2D eigenvalue weighted by atomic mass is 19.1. The number of aromatic nitrogens is 1. The van der Waals surface area contributed by atoms with E-state index in [0.29, 0.717) is 44.0 Å². The van der Waals surface area contributed by atoms with E-state index in [1.807, 2.05) is 11.1 Å². The monoisotopic (exact) mass is 540 g/mol. The minimum absolute atomic E-state index is 0.0286. The second-order valence-electron chi connectivity index (χ2n) is 9.88. The highest BCUT2D eigenvalue weighted by Crippen LogP contribution is 2.27. The number of allylic oxidation sites excluding steroid dienone is 1. The Labute approximate surface area is 225 Å². The van der Waals surface area contributed by atoms with Gasteiger partial charge >= 0.3 is 0 Å². The molecule has 1 atom stereocenters. The van der Waals surface area contributed by atoms with E-state index >= 15 is 0 Å². The quantitative estimate of drug-likeness (QED) is 0.494. The second-order valence-corrected chi connectivity index (χ2v) is 9.88. The van der Waals surface area contributed by atoms with Crippen LogP contribution in [0.4, 0.5) is 4.39 Å². The third-order valence-electron chi connectivity index (χ3n) is 7.28. The summed E-state index contributed by atoms with van der Waals surface area (Å²) < 4.78 is 26.8. The Morgan fingerprint density at radius 2 is 1.82 bits per heavy atom. The number of benzene rings is 1. The van der Waals surface area contributed by atoms with Gasteiger partial charge in [-0.05, 0) is 31.7 Å². The SMILES string of the molecule is O=C1NCc2ccc(F)cc2OCC/C=C/CCCCCCN2[C@H]3COCCN3C(=O)c3c(O)c(=O)c1cn32. The molecule has 2 N–H and O–H groups in total. The van der Waals surface area contributed by atoms with Gasteiger partial charge in [0, 0.05) is 37.5 Å². The lowest BCUT2D eigenvalue weighted by Crippen LogP contribution is -2.65. The summed E-state index contributed by atoms with van der Waals surface area (Å²) in [6.45, 7) is 1.85. The highest BCUT2D eigenvalue weighted by molar-refractivity contribution is 5.99. The van der Waals surface area contributed by atoms with Gasteiger partial charge in [0.1, 0.15) is 23.3 Å². The van der Waals surface area contributed by atoms with Crippen LogP contribution < -0.4 is 20.5 Å². The minimum Gasteiger partial charge on any atom is -0.502 e. The maximum atomic E-state index is 13.9. The maximum absolute atomic E-state index is 13.9. The lowest BCUT2D eigenvalue weighted by atomic mass is 10.1. The Bertz CT molecular complexity index is 1330. The van der Waals surface area contributed by atoms with E-state index in [4.69, 9.17) is 9.47 Å². The van der Waals surface area contributed by atoms with Crippen molar-refractivity contribution in [1.82, 2.24) is 14.9 Å². The molecule has 1 fully saturated rings. The predicted molar refractivity (Wildman–Crippen MR) is 141 cm³/mol. The van der Waals surface area contributed by atoms with Gasteiger partial charge in [0.2, 0.25) is 5.43 Å². The summed E-state index contributed by atoms with van der Waals surface area (Å²) in [7, 11) is 0. The standard InChI is InChI=1S/C28H33FN4O6/c29-20-10-9-19-16-30-27(36)21-17-33-24(26(35)25(21)34)28(37)31-12-14-38-18-23(31)32(33)11-7-5-3-1-2-4-6-8-13-39-22(19)15-20/h4,6,9-10,15,17,23,35H,1-3,5,7-8,11-14,16,18H2,(H,30,36)/b6-4+/t23-/m0/s1. The van der Waals surface area contributed by atoms with E-state index in [2.05, 4.69) is 11.4 Å². The van der Waals surface area contributed by atoms with Crippen LogP contribution in [0.3, 0.4) is 0 Å². The number of hydrogen-bond donors (Lipinski definition) is 2. The zero-order valence-corrected chi connectivity index (χ0v) is 21.7. The molecule has 1 aromatic heterocycles. The number of nitrogens with one attached hydrogen (secondary N) is 1. The minimum atomic E-state index is -0.928. The second kappa shape index (κ2) is 11.9. The lowest BCUT2D eigenvalue weighted by Gasteiger charge is -2.48. The average Bonchev–Trinajstić information content (AvgIpc) is 2.93. The number of nitrogens with zero attached hydrogens (tertiary/aromatic N) is 3. The zero-order valence-electron chi connectivity index (χ0n) is 21.7. The van der Waals surface area contributed by atoms with Crippen LogP contribution >= 0.6 is 0 Å². The van der Waals surface area contributed by atoms with E-state index < -0.39 is 35.0 Å². The number of fused-ring (bicyclic) bond motifs is 4. The number of amides is 2. The molecule has 2 bridgehead atoms. The van der Waals surface area contributed by atoms with Gasteiger partial charge in [-0.2, -0.15) is 0 Å². The molecule has 2 amide bonds. The third kappa shape index (κ3) is 5.63. The smallest absolute Gasteiger partial charge is 0.278 e. The average molecular weight is 541 g/mol. The number of hydrogen-bond acceptors (Lipinski definition) is 7. The number of halogens is 1. The topological polar surface area (TPSA) is 113 Å². The molecule has 208 valence electrons. The number of carbonyl (C=O) groups excluding carboxylic acids is 2. The summed E-state index contributed by atoms with van der Waals surface area (Å²) in [5.74, 6) is -2.13. The summed E-state index contributed by atoms with van der Waals surface area (Å²) in [6.07, 6.45) is 10.5. The fraction of sp³-hybridized carbons (Fsp3) is 0.464. The number of ether oxygens (including phenoxy) is 2. The molecule has 0 saturated carbocycles. The van der Waals surface area contributed by atoms with Gasteiger partial charge in [-0.15, -0.1) is 0 Å². The summed E-state index contributed by atoms with van der Waals surface area (Å²) in [5, 5.41) is 15.4. The van der Waals surface area contributed by atoms with Crippen molar-refractivity contribution < 1.29 is 28.6 Å². The largest absolute Gasteiger partial charge is 0.502 e. The van der Waals surface area contributed by atoms with Crippen LogP contribution in [0, 0.1) is 5.82 Å². The highest BCUT2D eigenvalue weighted by Gasteiger charge is 2.42. The molecule has 0 aliphatic carbocycles. The van der Waals surface area contributed by atoms with Crippen LogP contribution in [-0.4, -0.2) is 65.6 Å². The van der Waals surface area contributed by atoms with Gasteiger partial charge in [-0.1, -0.05) is 31.1 Å². The first-order valence-electron chi connectivity index (χ1n) is 13.4. The maximum Gasteiger partial charge on any atom is 0.278 e. The Hall–Kier alpha value is -3.86. The molecule has 0 radical (unpaired) electrons. The summed E-state index contributed by atoms with van der Waals surface area (Å²) >= 11 is 0. The third-order valence-corrected chi connectivity index (χ3v) is 7.28. The molecule has 3 aliphatic rings. The molecule has 4 heterocycles. The van der Waals surface area contributed by atoms with Crippen molar-refractivity contribution in [2.24, 2.45) is 0 Å². The summed E-state index contributed by atoms with van der Waals surface area (Å²) in [4.78, 5) is 41.2. The van der Waals surface area contributed by atoms with Crippen molar-refractivity contribution in [3.63, 3.8) is 0 Å². The van der Waals surface area contributed by atoms with Gasteiger partial charge in [0.25, 0.3) is 11.8 Å². The first kappa shape index (κ1) is 26.7. The van der Waals surface area contributed by atoms with Crippen molar-refractivity contribution in [3.8, 4) is 11.5 Å². The fourth-order valence-corrected chi connectivity index (χ4v) is 5.21. The normalized spacial score (nSPS) is 21.7. The van der Waals surface area contributed by atoms with E-state index in [1.165, 1.54) is 29.1 Å². The summed E-state index contributed by atoms with van der Waals surface area (Å²) in [5.41, 5.74) is -0.847. The summed E-state index contributed by atoms with van der Waals surface area (Å²) in [6, 6.07) is 4.05. The van der Waals surface area contributed by atoms with Gasteiger partial charge in [0.15, 0.2) is 11.4 Å². The van der Waals surface area contributed by atoms with Gasteiger partial charge < -0.3 is 24.8 Å². The predicted octanol–water partition coefficient (Wildman–Crippen LogP) is 2.66. The molecule has 1 saturated heterocycles. The van der Waals surface area contributed by atoms with Crippen LogP contribution in [0.15, 0.2) is 41.3 Å². The molecular formula is C28H33FN4O6. The Balaban J connectivity index is 1.50. The fourth-order valence-electron chi connectivity index (χ4n) is 5.21. The van der Waals surface area contributed by atoms with Gasteiger partial charge in [-0.25, -0.2) is 4.39 Å². The molecule has 10 nitrogen and oxygen atoms in total. The Morgan fingerprint density at radius 1 is 1.00 bits per heavy atom. The number of pyridine rings is 1. The van der Waals surface area contributed by atoms with E-state index in [9.17, 15) is 23.9 Å². The molecule has 0 spiro atoms. The molecule has 39 heavy (non-hydrogen) atoms. The Kier molecular flexibility index (Phi) is 8.16. The molecule has 3 aliphatic heterocycles. The first-order valence-corrected chi connectivity index (χ1v) is 13.4. The number of carbonyl (C=O) groups is 2. The molecule has 5 rings (SSSR count). The number of rotatable bonds is 0. The van der Waals surface area contributed by atoms with Crippen LogP contribution in [0.1, 0.15) is 64.9 Å². The number of aromatic hydroxyl groups is 1. The Morgan fingerprint density at radius 3 is 2.69 bits per heavy atom. The lowest BCUT2D eigenvalue weighted by molar-refractivity contribution is -0.0173. The van der Waals surface area contributed by atoms with E-state index in [0.717, 1.165) is 32.1 Å². The van der Waals surface area contributed by atoms with Crippen LogP contribution in [-0.2, 0) is 11.3 Å². The van der Waals surface area contributed by atoms with Crippen molar-refractivity contribution in [1.29, 1.82) is 0 Å². The van der Waals surface area contributed by atoms with Crippen molar-refractivity contribution in [3.05, 3.63) is 69.4 Å². The number of morpholine rings is 1. The van der Waals surface area contributed by atoms with Gasteiger partial charge in [0.05, 0.1) is 19.8 Å². The molecular weight excluding hydrogens is 507 g/mol. The zero-order chi connectivity index (χ0) is 27.4. The molecule has 1 aromatic carbocycles. The molecule has 11 heteroatoms. The van der Waals surface area contributed by atoms with Crippen molar-refractivity contribution in [2.45, 2.75) is 51.2 Å². The van der Waals surface area contributed by atoms with Gasteiger partial charge in [-0.3, -0.25) is 24.1 Å². The first-order chi connectivity index (χ1) is 19.0. The van der Waals surface area contributed by atoms with E-state index in [1.54, 1.807) is 4.90 Å². The van der Waals surface area contributed by atoms with Crippen molar-refractivity contribution in [2.75, 3.05) is 37.9 Å². The van der Waals surface area contributed by atoms with Crippen LogP contribution in [0.25, 0.3) is 0 Å².